The average molecular weight is 363 g/mol. The third-order valence-electron chi connectivity index (χ3n) is 4.63. The molecule has 3 rings (SSSR count). The van der Waals surface area contributed by atoms with Crippen LogP contribution in [0.2, 0.25) is 0 Å². The summed E-state index contributed by atoms with van der Waals surface area (Å²) in [5.41, 5.74) is 6.67. The molecule has 1 heterocycles. The van der Waals surface area contributed by atoms with E-state index in [1.165, 1.54) is 0 Å². The van der Waals surface area contributed by atoms with Crippen molar-refractivity contribution >= 4 is 22.6 Å². The maximum Gasteiger partial charge on any atom is 0.279 e. The molecule has 1 amide bonds. The first-order chi connectivity index (χ1) is 12.9. The summed E-state index contributed by atoms with van der Waals surface area (Å²) in [5, 5.41) is 2.98. The monoisotopic (exact) mass is 363 g/mol. The fourth-order valence-corrected chi connectivity index (χ4v) is 2.93. The molecular weight excluding hydrogens is 338 g/mol. The quantitative estimate of drug-likeness (QED) is 0.700. The topological polar surface area (TPSA) is 64.1 Å². The normalized spacial score (nSPS) is 10.9. The lowest BCUT2D eigenvalue weighted by atomic mass is 10.1. The standard InChI is InChI=1S/C22H25N3O2/c1-6-10-27-22-20(21(26)25-19-13(2)8-7-9-14(19)3)23-17-11-15(4)16(5)12-18(17)24-22/h7-9,11-12H,6,10H2,1-5H3,(H,25,26). The van der Waals surface area contributed by atoms with Gasteiger partial charge in [-0.05, 0) is 68.5 Å². The van der Waals surface area contributed by atoms with Crippen LogP contribution in [0.15, 0.2) is 30.3 Å². The first-order valence-corrected chi connectivity index (χ1v) is 9.20. The van der Waals surface area contributed by atoms with Crippen LogP contribution in [0.1, 0.15) is 46.1 Å². The van der Waals surface area contributed by atoms with Crippen molar-refractivity contribution in [3.63, 3.8) is 0 Å². The van der Waals surface area contributed by atoms with Gasteiger partial charge in [-0.15, -0.1) is 0 Å². The molecule has 0 atom stereocenters. The summed E-state index contributed by atoms with van der Waals surface area (Å²) in [6.07, 6.45) is 0.824. The molecule has 1 N–H and O–H groups in total. The second-order valence-electron chi connectivity index (χ2n) is 6.87. The number of hydrogen-bond donors (Lipinski definition) is 1. The molecule has 0 aliphatic carbocycles. The average Bonchev–Trinajstić information content (AvgIpc) is 2.63. The van der Waals surface area contributed by atoms with Crippen molar-refractivity contribution < 1.29 is 9.53 Å². The number of aryl methyl sites for hydroxylation is 4. The molecule has 0 aliphatic heterocycles. The van der Waals surface area contributed by atoms with Crippen LogP contribution in [0.25, 0.3) is 11.0 Å². The van der Waals surface area contributed by atoms with Crippen molar-refractivity contribution in [1.82, 2.24) is 9.97 Å². The van der Waals surface area contributed by atoms with Gasteiger partial charge in [-0.1, -0.05) is 25.1 Å². The van der Waals surface area contributed by atoms with E-state index in [1.807, 2.05) is 65.0 Å². The van der Waals surface area contributed by atoms with Gasteiger partial charge in [0.05, 0.1) is 17.6 Å². The van der Waals surface area contributed by atoms with Crippen LogP contribution in [-0.2, 0) is 0 Å². The van der Waals surface area contributed by atoms with Gasteiger partial charge in [0, 0.05) is 5.69 Å². The van der Waals surface area contributed by atoms with Crippen LogP contribution in [0.4, 0.5) is 5.69 Å². The van der Waals surface area contributed by atoms with Crippen LogP contribution in [0.5, 0.6) is 5.88 Å². The second-order valence-corrected chi connectivity index (χ2v) is 6.87. The molecule has 5 heteroatoms. The molecule has 140 valence electrons. The smallest absolute Gasteiger partial charge is 0.279 e. The molecule has 0 radical (unpaired) electrons. The number of fused-ring (bicyclic) bond motifs is 1. The number of para-hydroxylation sites is 1. The molecule has 27 heavy (non-hydrogen) atoms. The minimum absolute atomic E-state index is 0.210. The number of nitrogens with zero attached hydrogens (tertiary/aromatic N) is 2. The predicted octanol–water partition coefficient (Wildman–Crippen LogP) is 4.90. The van der Waals surface area contributed by atoms with Crippen molar-refractivity contribution in [2.24, 2.45) is 0 Å². The molecular formula is C22H25N3O2. The van der Waals surface area contributed by atoms with Crippen LogP contribution in [0.3, 0.4) is 0 Å². The van der Waals surface area contributed by atoms with Gasteiger partial charge < -0.3 is 10.1 Å². The summed E-state index contributed by atoms with van der Waals surface area (Å²) in [6.45, 7) is 10.5. The predicted molar refractivity (Wildman–Crippen MR) is 109 cm³/mol. The third kappa shape index (κ3) is 3.92. The number of rotatable bonds is 5. The van der Waals surface area contributed by atoms with E-state index in [0.29, 0.717) is 12.1 Å². The summed E-state index contributed by atoms with van der Waals surface area (Å²) in [6, 6.07) is 9.84. The largest absolute Gasteiger partial charge is 0.476 e. The molecule has 2 aromatic carbocycles. The minimum atomic E-state index is -0.314. The van der Waals surface area contributed by atoms with E-state index < -0.39 is 0 Å². The molecule has 1 aromatic heterocycles. The number of anilines is 1. The van der Waals surface area contributed by atoms with E-state index in [0.717, 1.165) is 39.9 Å². The Balaban J connectivity index is 2.07. The van der Waals surface area contributed by atoms with Gasteiger partial charge in [0.1, 0.15) is 0 Å². The molecule has 0 saturated heterocycles. The minimum Gasteiger partial charge on any atom is -0.476 e. The molecule has 3 aromatic rings. The highest BCUT2D eigenvalue weighted by Gasteiger charge is 2.20. The summed E-state index contributed by atoms with van der Waals surface area (Å²) in [7, 11) is 0. The fourth-order valence-electron chi connectivity index (χ4n) is 2.93. The Labute approximate surface area is 159 Å². The zero-order valence-electron chi connectivity index (χ0n) is 16.5. The molecule has 0 saturated carbocycles. The highest BCUT2D eigenvalue weighted by Crippen LogP contribution is 2.25. The Hall–Kier alpha value is -2.95. The van der Waals surface area contributed by atoms with Crippen molar-refractivity contribution in [3.05, 3.63) is 58.3 Å². The fraction of sp³-hybridized carbons (Fsp3) is 0.318. The van der Waals surface area contributed by atoms with E-state index >= 15 is 0 Å². The summed E-state index contributed by atoms with van der Waals surface area (Å²) in [5.74, 6) is -0.0394. The number of amides is 1. The Kier molecular flexibility index (Phi) is 5.40. The Morgan fingerprint density at radius 3 is 2.15 bits per heavy atom. The molecule has 5 nitrogen and oxygen atoms in total. The first-order valence-electron chi connectivity index (χ1n) is 9.20. The maximum atomic E-state index is 13.0. The lowest BCUT2D eigenvalue weighted by Gasteiger charge is -2.14. The molecule has 0 fully saturated rings. The van der Waals surface area contributed by atoms with E-state index in [9.17, 15) is 4.79 Å². The Morgan fingerprint density at radius 2 is 1.56 bits per heavy atom. The van der Waals surface area contributed by atoms with Crippen molar-refractivity contribution in [1.29, 1.82) is 0 Å². The van der Waals surface area contributed by atoms with E-state index in [4.69, 9.17) is 4.74 Å². The zero-order chi connectivity index (χ0) is 19.6. The van der Waals surface area contributed by atoms with Gasteiger partial charge >= 0.3 is 0 Å². The number of benzene rings is 2. The third-order valence-corrected chi connectivity index (χ3v) is 4.63. The van der Waals surface area contributed by atoms with E-state index in [1.54, 1.807) is 0 Å². The van der Waals surface area contributed by atoms with Crippen molar-refractivity contribution in [3.8, 4) is 5.88 Å². The van der Waals surface area contributed by atoms with Gasteiger partial charge in [-0.2, -0.15) is 0 Å². The van der Waals surface area contributed by atoms with Crippen LogP contribution >= 0.6 is 0 Å². The van der Waals surface area contributed by atoms with Gasteiger partial charge in [0.2, 0.25) is 5.88 Å². The highest BCUT2D eigenvalue weighted by molar-refractivity contribution is 6.06. The summed E-state index contributed by atoms with van der Waals surface area (Å²) in [4.78, 5) is 22.2. The SMILES string of the molecule is CCCOc1nc2cc(C)c(C)cc2nc1C(=O)Nc1c(C)cccc1C. The van der Waals surface area contributed by atoms with Crippen LogP contribution in [-0.4, -0.2) is 22.5 Å². The molecule has 0 unspecified atom stereocenters. The number of nitrogens with one attached hydrogen (secondary N) is 1. The first kappa shape index (κ1) is 18.8. The van der Waals surface area contributed by atoms with Gasteiger partial charge in [0.25, 0.3) is 5.91 Å². The number of hydrogen-bond acceptors (Lipinski definition) is 4. The van der Waals surface area contributed by atoms with E-state index in [-0.39, 0.29) is 17.5 Å². The Bertz CT molecular complexity index is 992. The van der Waals surface area contributed by atoms with Gasteiger partial charge in [0.15, 0.2) is 5.69 Å². The van der Waals surface area contributed by atoms with Gasteiger partial charge in [-0.3, -0.25) is 4.79 Å². The van der Waals surface area contributed by atoms with Crippen LogP contribution < -0.4 is 10.1 Å². The molecule has 0 spiro atoms. The summed E-state index contributed by atoms with van der Waals surface area (Å²) < 4.78 is 5.75. The lowest BCUT2D eigenvalue weighted by Crippen LogP contribution is -2.18. The van der Waals surface area contributed by atoms with Crippen LogP contribution in [0, 0.1) is 27.7 Å². The highest BCUT2D eigenvalue weighted by atomic mass is 16.5. The maximum absolute atomic E-state index is 13.0. The molecule has 0 bridgehead atoms. The van der Waals surface area contributed by atoms with Crippen molar-refractivity contribution in [2.75, 3.05) is 11.9 Å². The number of ether oxygens (including phenoxy) is 1. The Morgan fingerprint density at radius 1 is 0.963 bits per heavy atom. The number of carbonyl (C=O) groups is 1. The van der Waals surface area contributed by atoms with E-state index in [2.05, 4.69) is 15.3 Å². The zero-order valence-corrected chi connectivity index (χ0v) is 16.5. The number of aromatic nitrogens is 2. The summed E-state index contributed by atoms with van der Waals surface area (Å²) >= 11 is 0. The van der Waals surface area contributed by atoms with Gasteiger partial charge in [-0.25, -0.2) is 9.97 Å². The second kappa shape index (κ2) is 7.74. The van der Waals surface area contributed by atoms with Crippen molar-refractivity contribution in [2.45, 2.75) is 41.0 Å². The number of carbonyl (C=O) groups excluding carboxylic acids is 1. The lowest BCUT2D eigenvalue weighted by molar-refractivity contribution is 0.101. The molecule has 0 aliphatic rings.